The van der Waals surface area contributed by atoms with Gasteiger partial charge in [-0.15, -0.1) is 0 Å². The number of aryl methyl sites for hydroxylation is 1. The van der Waals surface area contributed by atoms with Crippen LogP contribution in [-0.2, 0) is 14.6 Å². The molecule has 0 spiro atoms. The van der Waals surface area contributed by atoms with Gasteiger partial charge >= 0.3 is 0 Å². The van der Waals surface area contributed by atoms with Crippen molar-refractivity contribution in [2.45, 2.75) is 24.5 Å². The van der Waals surface area contributed by atoms with Crippen molar-refractivity contribution in [2.24, 2.45) is 0 Å². The van der Waals surface area contributed by atoms with Crippen molar-refractivity contribution in [3.8, 4) is 5.69 Å². The molecule has 1 amide bonds. The Kier molecular flexibility index (Phi) is 5.98. The van der Waals surface area contributed by atoms with E-state index < -0.39 is 9.84 Å². The Morgan fingerprint density at radius 2 is 2.03 bits per heavy atom. The van der Waals surface area contributed by atoms with E-state index in [-0.39, 0.29) is 17.7 Å². The number of sulfone groups is 1. The van der Waals surface area contributed by atoms with Crippen LogP contribution in [0.15, 0.2) is 41.8 Å². The van der Waals surface area contributed by atoms with Crippen molar-refractivity contribution < 1.29 is 13.2 Å². The Bertz CT molecular complexity index is 981. The first-order chi connectivity index (χ1) is 13.9. The van der Waals surface area contributed by atoms with Crippen LogP contribution >= 0.6 is 11.8 Å². The minimum absolute atomic E-state index is 0.104. The highest BCUT2D eigenvalue weighted by atomic mass is 32.2. The van der Waals surface area contributed by atoms with Crippen LogP contribution in [0.1, 0.15) is 12.0 Å². The number of hydrogen-bond donors (Lipinski definition) is 0. The third kappa shape index (κ3) is 4.84. The van der Waals surface area contributed by atoms with E-state index in [1.807, 2.05) is 27.8 Å². The monoisotopic (exact) mass is 434 g/mol. The zero-order chi connectivity index (χ0) is 20.4. The summed E-state index contributed by atoms with van der Waals surface area (Å²) < 4.78 is 25.4. The first kappa shape index (κ1) is 20.4. The Morgan fingerprint density at radius 3 is 2.72 bits per heavy atom. The van der Waals surface area contributed by atoms with Gasteiger partial charge in [0.05, 0.1) is 17.3 Å². The van der Waals surface area contributed by atoms with Crippen LogP contribution in [0.4, 0.5) is 0 Å². The maximum Gasteiger partial charge on any atom is 0.233 e. The number of thioether (sulfide) groups is 1. The first-order valence-corrected chi connectivity index (χ1v) is 12.7. The van der Waals surface area contributed by atoms with E-state index >= 15 is 0 Å². The van der Waals surface area contributed by atoms with E-state index in [1.165, 1.54) is 17.3 Å². The van der Waals surface area contributed by atoms with Crippen LogP contribution in [0.5, 0.6) is 0 Å². The van der Waals surface area contributed by atoms with Gasteiger partial charge in [-0.3, -0.25) is 14.3 Å². The van der Waals surface area contributed by atoms with E-state index in [9.17, 15) is 13.2 Å². The number of rotatable bonds is 5. The second-order valence-corrected chi connectivity index (χ2v) is 10.9. The molecule has 29 heavy (non-hydrogen) atoms. The molecular weight excluding hydrogens is 408 g/mol. The molecule has 1 atom stereocenters. The van der Waals surface area contributed by atoms with Gasteiger partial charge in [0.15, 0.2) is 15.0 Å². The van der Waals surface area contributed by atoms with Gasteiger partial charge in [-0.2, -0.15) is 0 Å². The summed E-state index contributed by atoms with van der Waals surface area (Å²) in [6.45, 7) is 4.85. The van der Waals surface area contributed by atoms with Gasteiger partial charge in [0.25, 0.3) is 0 Å². The normalized spacial score (nSPS) is 22.1. The van der Waals surface area contributed by atoms with Gasteiger partial charge in [0, 0.05) is 50.3 Å². The Morgan fingerprint density at radius 1 is 1.24 bits per heavy atom. The summed E-state index contributed by atoms with van der Waals surface area (Å²) in [4.78, 5) is 21.2. The minimum Gasteiger partial charge on any atom is -0.339 e. The van der Waals surface area contributed by atoms with Crippen LogP contribution < -0.4 is 0 Å². The lowest BCUT2D eigenvalue weighted by Crippen LogP contribution is -2.52. The molecule has 9 heteroatoms. The van der Waals surface area contributed by atoms with E-state index in [2.05, 4.69) is 28.9 Å². The molecule has 0 bridgehead atoms. The second-order valence-electron chi connectivity index (χ2n) is 7.68. The predicted molar refractivity (Wildman–Crippen MR) is 114 cm³/mol. The highest BCUT2D eigenvalue weighted by Gasteiger charge is 2.34. The molecule has 2 aliphatic heterocycles. The molecule has 1 aromatic carbocycles. The summed E-state index contributed by atoms with van der Waals surface area (Å²) in [5, 5.41) is 0.804. The number of amides is 1. The maximum absolute atomic E-state index is 12.7. The zero-order valence-corrected chi connectivity index (χ0v) is 18.2. The minimum atomic E-state index is -2.87. The third-order valence-corrected chi connectivity index (χ3v) is 8.31. The molecule has 156 valence electrons. The maximum atomic E-state index is 12.7. The Balaban J connectivity index is 1.30. The fourth-order valence-electron chi connectivity index (χ4n) is 3.99. The van der Waals surface area contributed by atoms with Crippen molar-refractivity contribution in [1.82, 2.24) is 19.4 Å². The van der Waals surface area contributed by atoms with Crippen LogP contribution in [0.2, 0.25) is 0 Å². The molecule has 4 rings (SSSR count). The van der Waals surface area contributed by atoms with Crippen molar-refractivity contribution in [3.63, 3.8) is 0 Å². The summed E-state index contributed by atoms with van der Waals surface area (Å²) in [6, 6.07) is 8.31. The smallest absolute Gasteiger partial charge is 0.233 e. The van der Waals surface area contributed by atoms with Gasteiger partial charge in [0.2, 0.25) is 5.91 Å². The molecule has 1 aromatic heterocycles. The highest BCUT2D eigenvalue weighted by Crippen LogP contribution is 2.23. The Hall–Kier alpha value is -1.84. The summed E-state index contributed by atoms with van der Waals surface area (Å²) in [5.74, 6) is 1.01. The molecule has 0 saturated carbocycles. The van der Waals surface area contributed by atoms with Crippen molar-refractivity contribution in [1.29, 1.82) is 0 Å². The molecule has 1 unspecified atom stereocenters. The molecule has 0 aliphatic carbocycles. The number of carbonyl (C=O) groups excluding carboxylic acids is 1. The number of benzene rings is 1. The van der Waals surface area contributed by atoms with Crippen LogP contribution in [-0.4, -0.2) is 83.2 Å². The number of imidazole rings is 1. The number of piperazine rings is 1. The average molecular weight is 435 g/mol. The molecule has 0 N–H and O–H groups in total. The van der Waals surface area contributed by atoms with E-state index in [0.717, 1.165) is 23.9 Å². The van der Waals surface area contributed by atoms with E-state index in [1.54, 1.807) is 6.20 Å². The van der Waals surface area contributed by atoms with Crippen LogP contribution in [0.25, 0.3) is 5.69 Å². The lowest BCUT2D eigenvalue weighted by atomic mass is 10.2. The van der Waals surface area contributed by atoms with Crippen LogP contribution in [0.3, 0.4) is 0 Å². The van der Waals surface area contributed by atoms with Gasteiger partial charge in [-0.25, -0.2) is 13.4 Å². The standard InChI is InChI=1S/C20H26N4O3S2/c1-16-3-2-4-17(13-16)24-7-6-21-20(24)28-14-19(25)23-10-8-22(9-11-23)18-5-12-29(26,27)15-18/h2-4,6-7,13,18H,5,8-12,14-15H2,1H3. The number of carbonyl (C=O) groups is 1. The van der Waals surface area contributed by atoms with Crippen molar-refractivity contribution in [3.05, 3.63) is 42.2 Å². The molecule has 0 radical (unpaired) electrons. The van der Waals surface area contributed by atoms with Crippen molar-refractivity contribution >= 4 is 27.5 Å². The predicted octanol–water partition coefficient (Wildman–Crippen LogP) is 1.60. The lowest BCUT2D eigenvalue weighted by molar-refractivity contribution is -0.130. The molecule has 2 saturated heterocycles. The highest BCUT2D eigenvalue weighted by molar-refractivity contribution is 7.99. The number of hydrogen-bond acceptors (Lipinski definition) is 6. The SMILES string of the molecule is Cc1cccc(-n2ccnc2SCC(=O)N2CCN(C3CCS(=O)(=O)C3)CC2)c1. The average Bonchev–Trinajstić information content (AvgIpc) is 3.32. The van der Waals surface area contributed by atoms with Gasteiger partial charge < -0.3 is 4.90 Å². The zero-order valence-electron chi connectivity index (χ0n) is 16.5. The molecule has 2 fully saturated rings. The summed E-state index contributed by atoms with van der Waals surface area (Å²) in [6.07, 6.45) is 4.38. The quantitative estimate of drug-likeness (QED) is 0.666. The number of nitrogens with zero attached hydrogens (tertiary/aromatic N) is 4. The molecule has 2 aromatic rings. The van der Waals surface area contributed by atoms with E-state index in [0.29, 0.717) is 31.0 Å². The van der Waals surface area contributed by atoms with E-state index in [4.69, 9.17) is 0 Å². The van der Waals surface area contributed by atoms with Gasteiger partial charge in [-0.1, -0.05) is 23.9 Å². The molecule has 2 aliphatic rings. The first-order valence-electron chi connectivity index (χ1n) is 9.87. The largest absolute Gasteiger partial charge is 0.339 e. The number of aromatic nitrogens is 2. The summed E-state index contributed by atoms with van der Waals surface area (Å²) in [5.41, 5.74) is 2.22. The fourth-order valence-corrected chi connectivity index (χ4v) is 6.63. The molecular formula is C20H26N4O3S2. The van der Waals surface area contributed by atoms with Gasteiger partial charge in [-0.05, 0) is 31.0 Å². The van der Waals surface area contributed by atoms with Crippen LogP contribution in [0, 0.1) is 6.92 Å². The second kappa shape index (κ2) is 8.49. The lowest BCUT2D eigenvalue weighted by Gasteiger charge is -2.37. The third-order valence-electron chi connectivity index (χ3n) is 5.60. The fraction of sp³-hybridized carbons (Fsp3) is 0.500. The Labute approximate surface area is 176 Å². The molecule has 3 heterocycles. The summed E-state index contributed by atoms with van der Waals surface area (Å²) in [7, 11) is -2.87. The summed E-state index contributed by atoms with van der Waals surface area (Å²) >= 11 is 1.45. The molecule has 7 nitrogen and oxygen atoms in total. The van der Waals surface area contributed by atoms with Crippen molar-refractivity contribution in [2.75, 3.05) is 43.4 Å². The van der Waals surface area contributed by atoms with Gasteiger partial charge in [0.1, 0.15) is 0 Å². The topological polar surface area (TPSA) is 75.5 Å².